The Hall–Kier alpha value is -11.8. The van der Waals surface area contributed by atoms with Gasteiger partial charge in [0.25, 0.3) is 33.7 Å². The number of piperidine rings is 3. The first-order valence-corrected chi connectivity index (χ1v) is 35.1. The zero-order chi connectivity index (χ0) is 73.5. The molecule has 103 heavy (non-hydrogen) atoms. The Morgan fingerprint density at radius 3 is 1.66 bits per heavy atom. The van der Waals surface area contributed by atoms with Gasteiger partial charge in [-0.1, -0.05) is 103 Å². The second kappa shape index (κ2) is 33.6. The number of nitrogens with zero attached hydrogens (tertiary/aromatic N) is 8. The number of sulfonamides is 1. The number of hydrogen-bond acceptors (Lipinski definition) is 13. The topological polar surface area (TPSA) is 351 Å². The largest absolute Gasteiger partial charge is 0.457 e. The molecule has 0 spiro atoms. The average molecular weight is 1450 g/mol. The van der Waals surface area contributed by atoms with Crippen molar-refractivity contribution in [2.45, 2.75) is 75.3 Å². The number of hydrogen-bond donors (Lipinski definition) is 7. The van der Waals surface area contributed by atoms with Gasteiger partial charge in [-0.05, 0) is 161 Å². The molecule has 28 heteroatoms. The van der Waals surface area contributed by atoms with E-state index in [4.69, 9.17) is 50.1 Å². The van der Waals surface area contributed by atoms with Crippen LogP contribution in [0.1, 0.15) is 106 Å². The molecule has 0 radical (unpaired) electrons. The van der Waals surface area contributed by atoms with Gasteiger partial charge in [0, 0.05) is 91.3 Å². The van der Waals surface area contributed by atoms with Crippen LogP contribution >= 0.6 is 23.2 Å². The fourth-order valence-corrected chi connectivity index (χ4v) is 13.9. The molecule has 6 aromatic carbocycles. The predicted octanol–water partition coefficient (Wildman–Crippen LogP) is 11.8. The van der Waals surface area contributed by atoms with Gasteiger partial charge in [0.2, 0.25) is 11.8 Å². The van der Waals surface area contributed by atoms with Crippen LogP contribution in [0.2, 0.25) is 10.0 Å². The summed E-state index contributed by atoms with van der Waals surface area (Å²) in [4.78, 5) is 97.8. The van der Waals surface area contributed by atoms with Gasteiger partial charge in [0.15, 0.2) is 0 Å². The van der Waals surface area contributed by atoms with Crippen molar-refractivity contribution in [3.8, 4) is 57.1 Å². The van der Waals surface area contributed by atoms with Gasteiger partial charge >= 0.3 is 6.03 Å². The summed E-state index contributed by atoms with van der Waals surface area (Å²) in [5, 5.41) is 14.9. The van der Waals surface area contributed by atoms with Crippen LogP contribution in [0.25, 0.3) is 33.8 Å². The fraction of sp³-hybridized carbons (Fsp3) is 0.227. The molecular formula is C75H75Cl2N15O10S. The van der Waals surface area contributed by atoms with E-state index in [0.29, 0.717) is 96.0 Å². The van der Waals surface area contributed by atoms with E-state index in [1.54, 1.807) is 91.9 Å². The zero-order valence-electron chi connectivity index (χ0n) is 56.4. The monoisotopic (exact) mass is 1450 g/mol. The summed E-state index contributed by atoms with van der Waals surface area (Å²) in [6.07, 6.45) is 10.8. The quantitative estimate of drug-likeness (QED) is 0.0311. The number of amides is 8. The number of H-pyrrole nitrogens is 1. The molecule has 3 fully saturated rings. The first kappa shape index (κ1) is 73.9. The number of anilines is 3. The highest BCUT2D eigenvalue weighted by Crippen LogP contribution is 2.35. The number of nitrogens with two attached hydrogens (primary N) is 3. The summed E-state index contributed by atoms with van der Waals surface area (Å²) in [6, 6.07) is 41.5. The van der Waals surface area contributed by atoms with Gasteiger partial charge in [-0.15, -0.1) is 0 Å². The van der Waals surface area contributed by atoms with E-state index >= 15 is 0 Å². The third-order valence-electron chi connectivity index (χ3n) is 17.2. The van der Waals surface area contributed by atoms with E-state index in [1.165, 1.54) is 30.4 Å². The summed E-state index contributed by atoms with van der Waals surface area (Å²) in [6.45, 7) is 14.1. The van der Waals surface area contributed by atoms with Gasteiger partial charge in [0.1, 0.15) is 45.0 Å². The van der Waals surface area contributed by atoms with Crippen molar-refractivity contribution >= 4 is 91.8 Å². The van der Waals surface area contributed by atoms with Crippen molar-refractivity contribution in [2.24, 2.45) is 17.2 Å². The Kier molecular flexibility index (Phi) is 24.1. The molecule has 0 aliphatic carbocycles. The van der Waals surface area contributed by atoms with Crippen molar-refractivity contribution in [2.75, 3.05) is 54.6 Å². The van der Waals surface area contributed by atoms with Crippen molar-refractivity contribution in [1.82, 2.24) is 44.2 Å². The van der Waals surface area contributed by atoms with E-state index in [0.717, 1.165) is 55.4 Å². The Morgan fingerprint density at radius 1 is 0.602 bits per heavy atom. The number of aryl methyl sites for hydroxylation is 1. The minimum absolute atomic E-state index is 0.0149. The number of carbonyl (C=O) groups excluding carboxylic acids is 7. The highest BCUT2D eigenvalue weighted by molar-refractivity contribution is 7.92. The molecule has 25 nitrogen and oxygen atoms in total. The maximum atomic E-state index is 12.8. The Labute approximate surface area is 605 Å². The van der Waals surface area contributed by atoms with Crippen molar-refractivity contribution < 1.29 is 46.7 Å². The van der Waals surface area contributed by atoms with Crippen LogP contribution in [-0.2, 0) is 24.4 Å². The molecule has 9 aromatic rings. The number of nitrogens with one attached hydrogen (secondary N) is 4. The van der Waals surface area contributed by atoms with Crippen LogP contribution < -0.4 is 37.3 Å². The molecule has 3 aromatic heterocycles. The van der Waals surface area contributed by atoms with Crippen LogP contribution in [0.3, 0.4) is 0 Å². The molecule has 530 valence electrons. The minimum atomic E-state index is -3.99. The molecule has 3 aliphatic heterocycles. The lowest BCUT2D eigenvalue weighted by atomic mass is 9.97. The average Bonchev–Trinajstić information content (AvgIpc) is 1.79. The number of ether oxygens (including phenoxy) is 1. The second-order valence-corrected chi connectivity index (χ2v) is 26.9. The van der Waals surface area contributed by atoms with Crippen LogP contribution in [0.15, 0.2) is 188 Å². The van der Waals surface area contributed by atoms with Gasteiger partial charge in [0.05, 0.1) is 33.3 Å². The molecule has 0 unspecified atom stereocenters. The maximum absolute atomic E-state index is 12.8. The van der Waals surface area contributed by atoms with Crippen molar-refractivity contribution in [3.63, 3.8) is 0 Å². The van der Waals surface area contributed by atoms with Crippen molar-refractivity contribution in [1.29, 1.82) is 0 Å². The first-order chi connectivity index (χ1) is 49.5. The summed E-state index contributed by atoms with van der Waals surface area (Å²) >= 11 is 12.0. The maximum Gasteiger partial charge on any atom is 0.323 e. The Bertz CT molecular complexity index is 4840. The molecule has 8 amide bonds. The number of aromatic amines is 1. The predicted molar refractivity (Wildman–Crippen MR) is 395 cm³/mol. The molecule has 10 N–H and O–H groups in total. The smallest absolute Gasteiger partial charge is 0.323 e. The molecule has 12 rings (SSSR count). The number of likely N-dealkylation sites (tertiary alicyclic amines) is 3. The number of halogens is 2. The number of aromatic nitrogens is 6. The molecule has 3 aliphatic rings. The normalized spacial score (nSPS) is 15.6. The van der Waals surface area contributed by atoms with Crippen molar-refractivity contribution in [3.05, 3.63) is 222 Å². The van der Waals surface area contributed by atoms with Gasteiger partial charge in [-0.25, -0.2) is 18.2 Å². The first-order valence-electron chi connectivity index (χ1n) is 32.9. The summed E-state index contributed by atoms with van der Waals surface area (Å²) < 4.78 is 37.2. The third-order valence-corrected chi connectivity index (χ3v) is 19.6. The number of urea groups is 1. The number of primary amides is 3. The molecule has 6 heterocycles. The Balaban J connectivity index is 0.000000166. The van der Waals surface area contributed by atoms with E-state index < -0.39 is 27.7 Å². The molecule has 0 saturated carbocycles. The standard InChI is InChI=1S/C26H28N6O3.C25H24N4O3.C24H23Cl2N5O4S/c1-3-23(33)31-13-5-8-21(15-31)32-16-22(25(27)34)24(30-32)18-9-11-19(12-10-18)28-26(35)29-20-7-4-6-17(2)14-20;1-2-7-21(30)29-15-6-8-18(16-29)25-27-22(23(28-25)24(26)31)17-11-13-20(14-12-17)32-19-9-4-3-5-10-19;1-2-21(32)30-12-4-5-17(13-30)31-14-18(24(27)33)23(28-31)15-8-10-16(11-9-15)29-36(34,35)20-7-3-6-19(25)22(20)26/h3-4,6-7,9-12,14,16,21H,1,5,8,13,15H2,2H3,(H2,27,34)(H2,28,29,35);3-5,9-14,18H,6,8,15-16H2,1H3,(H2,26,31)(H,27,28);2-3,6-11,14,17,29H,1,4-5,12-13H2,(H2,27,33)/t21-;18-;17-/m111/s1. The Morgan fingerprint density at radius 2 is 1.12 bits per heavy atom. The van der Waals surface area contributed by atoms with Gasteiger partial charge < -0.3 is 52.3 Å². The number of benzene rings is 6. The molecule has 3 saturated heterocycles. The number of carbonyl (C=O) groups is 7. The molecule has 0 bridgehead atoms. The van der Waals surface area contributed by atoms with Crippen LogP contribution in [0.5, 0.6) is 11.5 Å². The van der Waals surface area contributed by atoms with E-state index in [-0.39, 0.29) is 73.6 Å². The van der Waals surface area contributed by atoms with E-state index in [1.807, 2.05) is 85.8 Å². The zero-order valence-corrected chi connectivity index (χ0v) is 58.7. The highest BCUT2D eigenvalue weighted by atomic mass is 35.5. The lowest BCUT2D eigenvalue weighted by Gasteiger charge is -2.32. The van der Waals surface area contributed by atoms with Gasteiger partial charge in [-0.3, -0.25) is 42.9 Å². The summed E-state index contributed by atoms with van der Waals surface area (Å²) in [5.74, 6) is 5.03. The number of imidazole rings is 1. The summed E-state index contributed by atoms with van der Waals surface area (Å²) in [7, 11) is -3.99. The van der Waals surface area contributed by atoms with Crippen LogP contribution in [-0.4, -0.2) is 133 Å². The lowest BCUT2D eigenvalue weighted by Crippen LogP contribution is -2.40. The van der Waals surface area contributed by atoms with Crippen LogP contribution in [0, 0.1) is 18.8 Å². The van der Waals surface area contributed by atoms with Crippen LogP contribution in [0.4, 0.5) is 21.9 Å². The minimum Gasteiger partial charge on any atom is -0.457 e. The molecular weight excluding hydrogens is 1370 g/mol. The molecule has 3 atom stereocenters. The SMILES string of the molecule is C=CC(=O)N1CCC[C@@H](n2cc(C(N)=O)c(-c3ccc(NC(=O)Nc4cccc(C)c4)cc3)n2)C1.C=CC(=O)N1CCC[C@@H](n2cc(C(N)=O)c(-c3ccc(NS(=O)(=O)c4cccc(Cl)c4Cl)cc3)n2)C1.CC#CC(=O)N1CCC[C@@H](c2nc(-c3ccc(Oc4ccccc4)cc3)c(C(N)=O)[nH]2)C1. The highest BCUT2D eigenvalue weighted by Gasteiger charge is 2.31. The second-order valence-electron chi connectivity index (χ2n) is 24.4. The lowest BCUT2D eigenvalue weighted by molar-refractivity contribution is -0.128. The number of para-hydroxylation sites is 1. The van der Waals surface area contributed by atoms with E-state index in [2.05, 4.69) is 55.5 Å². The fourth-order valence-electron chi connectivity index (χ4n) is 12.1. The third kappa shape index (κ3) is 18.6. The number of rotatable bonds is 18. The van der Waals surface area contributed by atoms with Gasteiger partial charge in [-0.2, -0.15) is 10.2 Å². The van der Waals surface area contributed by atoms with E-state index in [9.17, 15) is 42.0 Å². The summed E-state index contributed by atoms with van der Waals surface area (Å²) in [5.41, 5.74) is 23.6.